The van der Waals surface area contributed by atoms with Gasteiger partial charge in [-0.15, -0.1) is 0 Å². The van der Waals surface area contributed by atoms with Crippen molar-refractivity contribution >= 4 is 0 Å². The Labute approximate surface area is 181 Å². The average molecular weight is 404 g/mol. The van der Waals surface area contributed by atoms with Crippen molar-refractivity contribution in [2.24, 2.45) is 17.8 Å². The Bertz CT molecular complexity index is 537. The van der Waals surface area contributed by atoms with Crippen molar-refractivity contribution < 1.29 is 0 Å². The zero-order valence-electron chi connectivity index (χ0n) is 20.3. The second-order valence-electron chi connectivity index (χ2n) is 12.6. The Balaban J connectivity index is 1.33. The smallest absolute Gasteiger partial charge is 0.0224 e. The molecular weight excluding hydrogens is 354 g/mol. The molecule has 0 aromatic rings. The number of fused-ring (bicyclic) bond motifs is 2. The summed E-state index contributed by atoms with van der Waals surface area (Å²) in [5.41, 5.74) is 0.700. The van der Waals surface area contributed by atoms with Crippen molar-refractivity contribution in [2.75, 3.05) is 39.3 Å². The van der Waals surface area contributed by atoms with E-state index in [9.17, 15) is 0 Å². The normalized spacial score (nSPS) is 36.3. The van der Waals surface area contributed by atoms with Crippen LogP contribution in [0.2, 0.25) is 0 Å². The molecule has 3 heteroatoms. The van der Waals surface area contributed by atoms with E-state index in [0.717, 1.165) is 23.8 Å². The second kappa shape index (κ2) is 8.79. The molecule has 4 aliphatic rings. The van der Waals surface area contributed by atoms with E-state index in [0.29, 0.717) is 11.1 Å². The number of piperazine rings is 1. The average Bonchev–Trinajstić information content (AvgIpc) is 2.87. The Morgan fingerprint density at radius 1 is 0.655 bits per heavy atom. The monoisotopic (exact) mass is 403 g/mol. The fraction of sp³-hybridized carbons (Fsp3) is 1.00. The molecule has 29 heavy (non-hydrogen) atoms. The van der Waals surface area contributed by atoms with Crippen LogP contribution in [0.15, 0.2) is 0 Å². The zero-order chi connectivity index (χ0) is 20.6. The Morgan fingerprint density at radius 2 is 1.41 bits per heavy atom. The van der Waals surface area contributed by atoms with Crippen LogP contribution < -0.4 is 0 Å². The van der Waals surface area contributed by atoms with E-state index in [2.05, 4.69) is 49.3 Å². The molecule has 3 aliphatic heterocycles. The molecule has 4 rings (SSSR count). The van der Waals surface area contributed by atoms with Crippen LogP contribution in [-0.2, 0) is 0 Å². The molecule has 0 N–H and O–H groups in total. The topological polar surface area (TPSA) is 9.72 Å². The summed E-state index contributed by atoms with van der Waals surface area (Å²) in [6.07, 6.45) is 13.2. The lowest BCUT2D eigenvalue weighted by atomic mass is 9.73. The molecule has 0 spiro atoms. The first-order chi connectivity index (χ1) is 13.7. The van der Waals surface area contributed by atoms with Gasteiger partial charge in [0.15, 0.2) is 0 Å². The van der Waals surface area contributed by atoms with Crippen LogP contribution in [0.5, 0.6) is 0 Å². The van der Waals surface area contributed by atoms with E-state index in [1.54, 1.807) is 0 Å². The molecule has 0 aromatic carbocycles. The molecule has 0 bridgehead atoms. The van der Waals surface area contributed by atoms with Crippen molar-refractivity contribution in [3.8, 4) is 0 Å². The van der Waals surface area contributed by atoms with E-state index in [1.165, 1.54) is 97.1 Å². The predicted octanol–water partition coefficient (Wildman–Crippen LogP) is 5.25. The molecule has 1 saturated carbocycles. The minimum atomic E-state index is 0.324. The fourth-order valence-corrected chi connectivity index (χ4v) is 7.23. The van der Waals surface area contributed by atoms with Gasteiger partial charge in [0.25, 0.3) is 0 Å². The largest absolute Gasteiger partial charge is 0.298 e. The standard InChI is InChI=1S/C26H49N3/c1-25(2,3)28-16-15-27-18-21(9-8-12-24(27)20-28)17-26(4,5)29-14-13-22-10-6-7-11-23(22)19-29/h21-24H,6-20H2,1-5H3. The lowest BCUT2D eigenvalue weighted by Crippen LogP contribution is -2.58. The predicted molar refractivity (Wildman–Crippen MR) is 124 cm³/mol. The van der Waals surface area contributed by atoms with E-state index in [-0.39, 0.29) is 0 Å². The lowest BCUT2D eigenvalue weighted by Gasteiger charge is -2.49. The summed E-state index contributed by atoms with van der Waals surface area (Å²) >= 11 is 0. The van der Waals surface area contributed by atoms with Gasteiger partial charge in [-0.25, -0.2) is 0 Å². The van der Waals surface area contributed by atoms with E-state index in [1.807, 2.05) is 0 Å². The fourth-order valence-electron chi connectivity index (χ4n) is 7.23. The quantitative estimate of drug-likeness (QED) is 0.637. The highest BCUT2D eigenvalue weighted by molar-refractivity contribution is 4.95. The number of likely N-dealkylation sites (tertiary alicyclic amines) is 1. The van der Waals surface area contributed by atoms with Crippen LogP contribution in [-0.4, -0.2) is 71.1 Å². The molecule has 0 amide bonds. The van der Waals surface area contributed by atoms with Gasteiger partial charge >= 0.3 is 0 Å². The molecule has 3 nitrogen and oxygen atoms in total. The van der Waals surface area contributed by atoms with Crippen molar-refractivity contribution in [3.63, 3.8) is 0 Å². The van der Waals surface area contributed by atoms with Crippen LogP contribution in [0.1, 0.15) is 92.4 Å². The lowest BCUT2D eigenvalue weighted by molar-refractivity contribution is -0.00315. The maximum atomic E-state index is 2.90. The van der Waals surface area contributed by atoms with E-state index in [4.69, 9.17) is 0 Å². The first-order valence-corrected chi connectivity index (χ1v) is 13.0. The van der Waals surface area contributed by atoms with Gasteiger partial charge in [-0.05, 0) is 91.0 Å². The summed E-state index contributed by atoms with van der Waals surface area (Å²) in [5, 5.41) is 0. The number of rotatable bonds is 3. The molecule has 3 heterocycles. The highest BCUT2D eigenvalue weighted by Gasteiger charge is 2.40. The summed E-state index contributed by atoms with van der Waals surface area (Å²) in [6.45, 7) is 20.2. The highest BCUT2D eigenvalue weighted by atomic mass is 15.3. The molecule has 4 fully saturated rings. The molecule has 0 radical (unpaired) electrons. The Hall–Kier alpha value is -0.120. The van der Waals surface area contributed by atoms with Crippen molar-refractivity contribution in [2.45, 2.75) is 110 Å². The van der Waals surface area contributed by atoms with E-state index >= 15 is 0 Å². The van der Waals surface area contributed by atoms with Crippen LogP contribution >= 0.6 is 0 Å². The molecular formula is C26H49N3. The van der Waals surface area contributed by atoms with Gasteiger partial charge in [0.1, 0.15) is 0 Å². The van der Waals surface area contributed by atoms with Crippen LogP contribution in [0.4, 0.5) is 0 Å². The van der Waals surface area contributed by atoms with Crippen molar-refractivity contribution in [3.05, 3.63) is 0 Å². The number of hydrogen-bond acceptors (Lipinski definition) is 3. The summed E-state index contributed by atoms with van der Waals surface area (Å²) < 4.78 is 0. The first-order valence-electron chi connectivity index (χ1n) is 13.0. The molecule has 168 valence electrons. The summed E-state index contributed by atoms with van der Waals surface area (Å²) in [7, 11) is 0. The maximum absolute atomic E-state index is 2.90. The summed E-state index contributed by atoms with van der Waals surface area (Å²) in [5.74, 6) is 2.94. The molecule has 4 atom stereocenters. The SMILES string of the molecule is CC(C)(C)N1CCN2CC(CC(C)(C)N3CCC4CCCCC4C3)CCCC2C1. The number of nitrogens with zero attached hydrogens (tertiary/aromatic N) is 3. The molecule has 0 aromatic heterocycles. The third-order valence-corrected chi connectivity index (χ3v) is 9.13. The van der Waals surface area contributed by atoms with Gasteiger partial charge in [-0.3, -0.25) is 14.7 Å². The minimum Gasteiger partial charge on any atom is -0.298 e. The first kappa shape index (κ1) is 22.1. The van der Waals surface area contributed by atoms with Crippen molar-refractivity contribution in [1.29, 1.82) is 0 Å². The van der Waals surface area contributed by atoms with Crippen LogP contribution in [0, 0.1) is 17.8 Å². The Morgan fingerprint density at radius 3 is 2.17 bits per heavy atom. The summed E-state index contributed by atoms with van der Waals surface area (Å²) in [6, 6.07) is 0.800. The summed E-state index contributed by atoms with van der Waals surface area (Å²) in [4.78, 5) is 8.51. The highest BCUT2D eigenvalue weighted by Crippen LogP contribution is 2.40. The zero-order valence-corrected chi connectivity index (χ0v) is 20.3. The molecule has 4 unspecified atom stereocenters. The number of hydrogen-bond donors (Lipinski definition) is 0. The minimum absolute atomic E-state index is 0.324. The molecule has 1 aliphatic carbocycles. The van der Waals surface area contributed by atoms with Gasteiger partial charge in [0.05, 0.1) is 0 Å². The van der Waals surface area contributed by atoms with Gasteiger partial charge < -0.3 is 0 Å². The Kier molecular flexibility index (Phi) is 6.69. The van der Waals surface area contributed by atoms with Gasteiger partial charge in [0.2, 0.25) is 0 Å². The van der Waals surface area contributed by atoms with E-state index < -0.39 is 0 Å². The van der Waals surface area contributed by atoms with Crippen LogP contribution in [0.3, 0.4) is 0 Å². The van der Waals surface area contributed by atoms with Gasteiger partial charge in [-0.2, -0.15) is 0 Å². The molecule has 3 saturated heterocycles. The third-order valence-electron chi connectivity index (χ3n) is 9.13. The van der Waals surface area contributed by atoms with Gasteiger partial charge in [-0.1, -0.05) is 25.7 Å². The van der Waals surface area contributed by atoms with Crippen LogP contribution in [0.25, 0.3) is 0 Å². The van der Waals surface area contributed by atoms with Crippen molar-refractivity contribution in [1.82, 2.24) is 14.7 Å². The third kappa shape index (κ3) is 5.21. The number of piperidine rings is 1. The van der Waals surface area contributed by atoms with Gasteiger partial charge in [0, 0.05) is 49.8 Å². The second-order valence-corrected chi connectivity index (χ2v) is 12.6. The maximum Gasteiger partial charge on any atom is 0.0224 e.